The summed E-state index contributed by atoms with van der Waals surface area (Å²) in [6.45, 7) is 6.01. The van der Waals surface area contributed by atoms with Crippen LogP contribution in [0.25, 0.3) is 0 Å². The number of carboxylic acid groups (broad SMARTS) is 1. The largest absolute Gasteiger partial charge is 0.481 e. The first-order valence-electron chi connectivity index (χ1n) is 7.09. The molecule has 0 spiro atoms. The zero-order valence-corrected chi connectivity index (χ0v) is 12.8. The maximum atomic E-state index is 12.6. The van der Waals surface area contributed by atoms with E-state index in [1.807, 2.05) is 13.8 Å². The van der Waals surface area contributed by atoms with E-state index in [2.05, 4.69) is 0 Å². The molecule has 1 heterocycles. The minimum absolute atomic E-state index is 0.382. The first-order valence-corrected chi connectivity index (χ1v) is 8.60. The van der Waals surface area contributed by atoms with E-state index in [0.717, 1.165) is 6.42 Å². The van der Waals surface area contributed by atoms with Gasteiger partial charge in [0.25, 0.3) is 0 Å². The highest BCUT2D eigenvalue weighted by Crippen LogP contribution is 2.29. The predicted octanol–water partition coefficient (Wildman–Crippen LogP) is 2.08. The maximum Gasteiger partial charge on any atom is 0.308 e. The van der Waals surface area contributed by atoms with Crippen LogP contribution in [0.4, 0.5) is 0 Å². The van der Waals surface area contributed by atoms with Gasteiger partial charge in [0.15, 0.2) is 0 Å². The Morgan fingerprint density at radius 2 is 2.05 bits per heavy atom. The molecule has 0 saturated carbocycles. The summed E-state index contributed by atoms with van der Waals surface area (Å²) in [5.41, 5.74) is 0. The van der Waals surface area contributed by atoms with Crippen molar-refractivity contribution < 1.29 is 18.3 Å². The molecule has 0 aliphatic carbocycles. The molecule has 19 heavy (non-hydrogen) atoms. The van der Waals surface area contributed by atoms with Crippen molar-refractivity contribution >= 4 is 16.0 Å². The number of piperidine rings is 1. The van der Waals surface area contributed by atoms with Crippen LogP contribution in [-0.4, -0.2) is 41.6 Å². The fourth-order valence-electron chi connectivity index (χ4n) is 2.88. The molecule has 1 aliphatic rings. The van der Waals surface area contributed by atoms with Crippen LogP contribution in [0.1, 0.15) is 52.9 Å². The van der Waals surface area contributed by atoms with Crippen molar-refractivity contribution in [3.63, 3.8) is 0 Å². The van der Waals surface area contributed by atoms with E-state index < -0.39 is 28.0 Å². The van der Waals surface area contributed by atoms with Gasteiger partial charge in [0.05, 0.1) is 11.2 Å². The van der Waals surface area contributed by atoms with Crippen molar-refractivity contribution in [3.8, 4) is 0 Å². The molecule has 5 nitrogen and oxygen atoms in total. The third-order valence-electron chi connectivity index (χ3n) is 4.06. The molecule has 1 saturated heterocycles. The summed E-state index contributed by atoms with van der Waals surface area (Å²) in [5, 5.41) is 8.79. The zero-order valence-electron chi connectivity index (χ0n) is 12.0. The van der Waals surface area contributed by atoms with Crippen LogP contribution in [0.3, 0.4) is 0 Å². The highest BCUT2D eigenvalue weighted by molar-refractivity contribution is 7.89. The van der Waals surface area contributed by atoms with Crippen LogP contribution < -0.4 is 0 Å². The van der Waals surface area contributed by atoms with Crippen molar-refractivity contribution in [1.82, 2.24) is 4.31 Å². The molecule has 0 bridgehead atoms. The molecule has 1 N–H and O–H groups in total. The van der Waals surface area contributed by atoms with Gasteiger partial charge in [-0.1, -0.05) is 20.3 Å². The van der Waals surface area contributed by atoms with Gasteiger partial charge in [-0.25, -0.2) is 8.42 Å². The molecule has 0 aromatic rings. The molecule has 1 aliphatic heterocycles. The number of rotatable bonds is 6. The highest BCUT2D eigenvalue weighted by atomic mass is 32.2. The Morgan fingerprint density at radius 1 is 1.42 bits per heavy atom. The van der Waals surface area contributed by atoms with E-state index in [4.69, 9.17) is 5.11 Å². The van der Waals surface area contributed by atoms with Crippen molar-refractivity contribution in [2.45, 2.75) is 64.2 Å². The van der Waals surface area contributed by atoms with Crippen molar-refractivity contribution in [2.24, 2.45) is 5.92 Å². The number of aliphatic carboxylic acids is 1. The summed E-state index contributed by atoms with van der Waals surface area (Å²) in [6, 6.07) is -0.442. The van der Waals surface area contributed by atoms with Gasteiger partial charge < -0.3 is 5.11 Å². The number of nitrogens with zero attached hydrogens (tertiary/aromatic N) is 1. The Balaban J connectivity index is 2.96. The van der Waals surface area contributed by atoms with E-state index in [1.54, 1.807) is 6.92 Å². The predicted molar refractivity (Wildman–Crippen MR) is 74.4 cm³/mol. The second-order valence-corrected chi connectivity index (χ2v) is 7.47. The van der Waals surface area contributed by atoms with Gasteiger partial charge in [0.2, 0.25) is 10.0 Å². The van der Waals surface area contributed by atoms with Crippen molar-refractivity contribution in [2.75, 3.05) is 6.54 Å². The summed E-state index contributed by atoms with van der Waals surface area (Å²) < 4.78 is 26.7. The fraction of sp³-hybridized carbons (Fsp3) is 0.923. The van der Waals surface area contributed by atoms with E-state index in [0.29, 0.717) is 32.2 Å². The summed E-state index contributed by atoms with van der Waals surface area (Å²) in [4.78, 5) is 11.2. The zero-order chi connectivity index (χ0) is 14.6. The topological polar surface area (TPSA) is 74.7 Å². The number of hydrogen-bond acceptors (Lipinski definition) is 3. The fourth-order valence-corrected chi connectivity index (χ4v) is 5.21. The van der Waals surface area contributed by atoms with E-state index in [1.165, 1.54) is 4.31 Å². The van der Waals surface area contributed by atoms with E-state index >= 15 is 0 Å². The molecule has 6 heteroatoms. The number of carboxylic acids is 1. The van der Waals surface area contributed by atoms with E-state index in [9.17, 15) is 13.2 Å². The molecule has 1 unspecified atom stereocenters. The lowest BCUT2D eigenvalue weighted by Crippen LogP contribution is -2.51. The summed E-state index contributed by atoms with van der Waals surface area (Å²) >= 11 is 0. The molecule has 0 aromatic heterocycles. The van der Waals surface area contributed by atoms with Gasteiger partial charge in [-0.05, 0) is 32.6 Å². The first kappa shape index (κ1) is 16.4. The Bertz CT molecular complexity index is 407. The van der Waals surface area contributed by atoms with Crippen LogP contribution in [0.2, 0.25) is 0 Å². The van der Waals surface area contributed by atoms with E-state index in [-0.39, 0.29) is 5.25 Å². The average Bonchev–Trinajstić information content (AvgIpc) is 2.35. The van der Waals surface area contributed by atoms with Crippen LogP contribution in [0, 0.1) is 5.92 Å². The molecular formula is C13H25NO4S. The molecule has 0 radical (unpaired) electrons. The van der Waals surface area contributed by atoms with Gasteiger partial charge in [-0.15, -0.1) is 0 Å². The lowest BCUT2D eigenvalue weighted by molar-refractivity contribution is -0.144. The second kappa shape index (κ2) is 6.70. The quantitative estimate of drug-likeness (QED) is 0.813. The van der Waals surface area contributed by atoms with Gasteiger partial charge in [-0.3, -0.25) is 4.79 Å². The SMILES string of the molecule is CCCC(CC)S(=O)(=O)N1CCC[C@H](C(=O)O)[C@@H]1C. The minimum Gasteiger partial charge on any atom is -0.481 e. The maximum absolute atomic E-state index is 12.6. The molecule has 1 rings (SSSR count). The van der Waals surface area contributed by atoms with Crippen LogP contribution in [-0.2, 0) is 14.8 Å². The second-order valence-electron chi connectivity index (χ2n) is 5.30. The molecule has 112 valence electrons. The Labute approximate surface area is 116 Å². The first-order chi connectivity index (χ1) is 8.86. The van der Waals surface area contributed by atoms with Gasteiger partial charge in [0, 0.05) is 12.6 Å². The highest BCUT2D eigenvalue weighted by Gasteiger charge is 2.41. The third kappa shape index (κ3) is 3.48. The molecule has 1 fully saturated rings. The Hall–Kier alpha value is -0.620. The Kier molecular flexibility index (Phi) is 5.80. The normalized spacial score (nSPS) is 27.1. The van der Waals surface area contributed by atoms with Crippen LogP contribution in [0.5, 0.6) is 0 Å². The number of carbonyl (C=O) groups is 1. The Morgan fingerprint density at radius 3 is 2.53 bits per heavy atom. The standard InChI is InChI=1S/C13H25NO4S/c1-4-7-11(5-2)19(17,18)14-9-6-8-12(10(14)3)13(15)16/h10-12H,4-9H2,1-3H3,(H,15,16)/t10-,11?,12-/m0/s1. The lowest BCUT2D eigenvalue weighted by atomic mass is 9.92. The lowest BCUT2D eigenvalue weighted by Gasteiger charge is -2.38. The van der Waals surface area contributed by atoms with Gasteiger partial charge >= 0.3 is 5.97 Å². The van der Waals surface area contributed by atoms with Crippen molar-refractivity contribution in [1.29, 1.82) is 0 Å². The molecule has 0 amide bonds. The van der Waals surface area contributed by atoms with Gasteiger partial charge in [0.1, 0.15) is 0 Å². The molecular weight excluding hydrogens is 266 g/mol. The van der Waals surface area contributed by atoms with Gasteiger partial charge in [-0.2, -0.15) is 4.31 Å². The average molecular weight is 291 g/mol. The summed E-state index contributed by atoms with van der Waals surface area (Å²) in [7, 11) is -3.38. The number of hydrogen-bond donors (Lipinski definition) is 1. The molecule has 0 aromatic carbocycles. The van der Waals surface area contributed by atoms with Crippen LogP contribution >= 0.6 is 0 Å². The van der Waals surface area contributed by atoms with Crippen molar-refractivity contribution in [3.05, 3.63) is 0 Å². The number of sulfonamides is 1. The summed E-state index contributed by atoms with van der Waals surface area (Å²) in [5.74, 6) is -1.47. The smallest absolute Gasteiger partial charge is 0.308 e. The molecule has 3 atom stereocenters. The monoisotopic (exact) mass is 291 g/mol. The minimum atomic E-state index is -3.38. The summed E-state index contributed by atoms with van der Waals surface area (Å²) in [6.07, 6.45) is 3.23. The van der Waals surface area contributed by atoms with Crippen LogP contribution in [0.15, 0.2) is 0 Å². The third-order valence-corrected chi connectivity index (χ3v) is 6.64.